The molecule has 1 aliphatic rings. The van der Waals surface area contributed by atoms with E-state index in [1.807, 2.05) is 0 Å². The maximum atomic E-state index is 13.6. The quantitative estimate of drug-likeness (QED) is 0.741. The summed E-state index contributed by atoms with van der Waals surface area (Å²) in [5, 5.41) is 18.7. The Labute approximate surface area is 98.3 Å². The number of carbonyl (C=O) groups excluding carboxylic acids is 1. The fraction of sp³-hybridized carbons (Fsp3) is 0.417. The van der Waals surface area contributed by atoms with Gasteiger partial charge >= 0.3 is 0 Å². The minimum atomic E-state index is -0.951. The van der Waals surface area contributed by atoms with Crippen LogP contribution >= 0.6 is 0 Å². The van der Waals surface area contributed by atoms with Crippen molar-refractivity contribution in [1.82, 2.24) is 4.90 Å². The first kappa shape index (κ1) is 12.0. The summed E-state index contributed by atoms with van der Waals surface area (Å²) in [6, 6.07) is 4.36. The number of likely N-dealkylation sites (tertiary alicyclic amines) is 1. The summed E-state index contributed by atoms with van der Waals surface area (Å²) < 4.78 is 13.6. The smallest absolute Gasteiger partial charge is 0.257 e. The van der Waals surface area contributed by atoms with Crippen molar-refractivity contribution in [3.63, 3.8) is 0 Å². The first-order valence-electron chi connectivity index (χ1n) is 5.40. The molecule has 2 rings (SSSR count). The highest BCUT2D eigenvalue weighted by Gasteiger charge is 2.33. The molecule has 0 bridgehead atoms. The second-order valence-corrected chi connectivity index (χ2v) is 4.33. The Hall–Kier alpha value is -1.46. The fourth-order valence-corrected chi connectivity index (χ4v) is 1.90. The second-order valence-electron chi connectivity index (χ2n) is 4.33. The van der Waals surface area contributed by atoms with Crippen molar-refractivity contribution in [3.8, 4) is 0 Å². The van der Waals surface area contributed by atoms with E-state index in [9.17, 15) is 19.4 Å². The Bertz CT molecular complexity index is 439. The molecule has 1 aromatic carbocycles. The summed E-state index contributed by atoms with van der Waals surface area (Å²) in [4.78, 5) is 13.2. The number of hydrogen-bond donors (Lipinski definition) is 2. The number of hydrogen-bond acceptors (Lipinski definition) is 3. The summed E-state index contributed by atoms with van der Waals surface area (Å²) in [7, 11) is 0. The van der Waals surface area contributed by atoms with Crippen LogP contribution in [0, 0.1) is 12.7 Å². The van der Waals surface area contributed by atoms with Crippen LogP contribution in [0.25, 0.3) is 0 Å². The molecule has 17 heavy (non-hydrogen) atoms. The van der Waals surface area contributed by atoms with Crippen LogP contribution in [0.4, 0.5) is 4.39 Å². The van der Waals surface area contributed by atoms with Gasteiger partial charge in [-0.2, -0.15) is 0 Å². The number of rotatable bonds is 1. The molecule has 1 heterocycles. The highest BCUT2D eigenvalue weighted by molar-refractivity contribution is 5.94. The van der Waals surface area contributed by atoms with Crippen molar-refractivity contribution in [2.45, 2.75) is 19.1 Å². The summed E-state index contributed by atoms with van der Waals surface area (Å²) in [5.74, 6) is -1.08. The summed E-state index contributed by atoms with van der Waals surface area (Å²) in [6.45, 7) is 1.81. The fourth-order valence-electron chi connectivity index (χ4n) is 1.90. The summed E-state index contributed by atoms with van der Waals surface area (Å²) >= 11 is 0. The Morgan fingerprint density at radius 1 is 1.35 bits per heavy atom. The molecule has 0 aromatic heterocycles. The molecule has 0 radical (unpaired) electrons. The lowest BCUT2D eigenvalue weighted by atomic mass is 10.1. The topological polar surface area (TPSA) is 60.8 Å². The van der Waals surface area contributed by atoms with E-state index in [2.05, 4.69) is 0 Å². The van der Waals surface area contributed by atoms with Gasteiger partial charge < -0.3 is 15.1 Å². The number of halogens is 1. The molecule has 0 saturated carbocycles. The van der Waals surface area contributed by atoms with Gasteiger partial charge in [-0.05, 0) is 24.6 Å². The first-order valence-corrected chi connectivity index (χ1v) is 5.40. The summed E-state index contributed by atoms with van der Waals surface area (Å²) in [5.41, 5.74) is 0.706. The van der Waals surface area contributed by atoms with E-state index in [1.54, 1.807) is 13.0 Å². The number of benzene rings is 1. The zero-order chi connectivity index (χ0) is 12.6. The molecule has 4 nitrogen and oxygen atoms in total. The molecule has 92 valence electrons. The van der Waals surface area contributed by atoms with Gasteiger partial charge in [0.15, 0.2) is 0 Å². The average molecular weight is 239 g/mol. The van der Waals surface area contributed by atoms with Gasteiger partial charge in [0.05, 0.1) is 17.8 Å². The van der Waals surface area contributed by atoms with Crippen molar-refractivity contribution in [1.29, 1.82) is 0 Å². The molecule has 2 atom stereocenters. The third kappa shape index (κ3) is 2.30. The van der Waals surface area contributed by atoms with Gasteiger partial charge in [-0.1, -0.05) is 6.07 Å². The molecule has 0 aliphatic carbocycles. The largest absolute Gasteiger partial charge is 0.388 e. The molecule has 0 unspecified atom stereocenters. The van der Waals surface area contributed by atoms with Crippen molar-refractivity contribution in [2.24, 2.45) is 0 Å². The molecule has 1 saturated heterocycles. The van der Waals surface area contributed by atoms with Gasteiger partial charge in [0.25, 0.3) is 5.91 Å². The van der Waals surface area contributed by atoms with E-state index in [4.69, 9.17) is 0 Å². The molecule has 5 heteroatoms. The molecule has 1 fully saturated rings. The number of amides is 1. The lowest BCUT2D eigenvalue weighted by Gasteiger charge is -2.15. The molecule has 0 spiro atoms. The number of aryl methyl sites for hydroxylation is 1. The Balaban J connectivity index is 2.20. The standard InChI is InChI=1S/C12H14FNO3/c1-7-2-3-8(9(13)4-7)12(17)14-5-10(15)11(16)6-14/h2-4,10-11,15-16H,5-6H2,1H3/t10-,11+. The Kier molecular flexibility index (Phi) is 3.13. The Morgan fingerprint density at radius 3 is 2.47 bits per heavy atom. The maximum Gasteiger partial charge on any atom is 0.257 e. The van der Waals surface area contributed by atoms with Crippen LogP contribution in [-0.2, 0) is 0 Å². The minimum Gasteiger partial charge on any atom is -0.388 e. The normalized spacial score (nSPS) is 24.1. The second kappa shape index (κ2) is 4.43. The monoisotopic (exact) mass is 239 g/mol. The van der Waals surface area contributed by atoms with Crippen LogP contribution in [-0.4, -0.2) is 46.3 Å². The zero-order valence-electron chi connectivity index (χ0n) is 9.43. The predicted molar refractivity (Wildman–Crippen MR) is 59.1 cm³/mol. The van der Waals surface area contributed by atoms with Crippen molar-refractivity contribution in [3.05, 3.63) is 35.1 Å². The van der Waals surface area contributed by atoms with Crippen molar-refractivity contribution >= 4 is 5.91 Å². The van der Waals surface area contributed by atoms with Gasteiger partial charge in [-0.15, -0.1) is 0 Å². The molecule has 2 N–H and O–H groups in total. The Morgan fingerprint density at radius 2 is 1.94 bits per heavy atom. The summed E-state index contributed by atoms with van der Waals surface area (Å²) in [6.07, 6.45) is -1.90. The third-order valence-corrected chi connectivity index (χ3v) is 2.90. The van der Waals surface area contributed by atoms with Crippen LogP contribution in [0.15, 0.2) is 18.2 Å². The van der Waals surface area contributed by atoms with Crippen molar-refractivity contribution in [2.75, 3.05) is 13.1 Å². The SMILES string of the molecule is Cc1ccc(C(=O)N2C[C@@H](O)[C@@H](O)C2)c(F)c1. The van der Waals surface area contributed by atoms with Gasteiger partial charge in [0.1, 0.15) is 5.82 Å². The highest BCUT2D eigenvalue weighted by atomic mass is 19.1. The van der Waals surface area contributed by atoms with E-state index < -0.39 is 23.9 Å². The molecular weight excluding hydrogens is 225 g/mol. The van der Waals surface area contributed by atoms with Crippen molar-refractivity contribution < 1.29 is 19.4 Å². The van der Waals surface area contributed by atoms with Crippen LogP contribution in [0.1, 0.15) is 15.9 Å². The minimum absolute atomic E-state index is 0.0306. The average Bonchev–Trinajstić information content (AvgIpc) is 2.58. The van der Waals surface area contributed by atoms with Gasteiger partial charge in [0.2, 0.25) is 0 Å². The van der Waals surface area contributed by atoms with Crippen LogP contribution in [0.3, 0.4) is 0 Å². The lowest BCUT2D eigenvalue weighted by Crippen LogP contribution is -2.30. The molecule has 1 aromatic rings. The van der Waals surface area contributed by atoms with E-state index in [0.29, 0.717) is 0 Å². The maximum absolute atomic E-state index is 13.6. The predicted octanol–water partition coefficient (Wildman–Crippen LogP) is 0.312. The van der Waals surface area contributed by atoms with Gasteiger partial charge in [-0.3, -0.25) is 4.79 Å². The van der Waals surface area contributed by atoms with E-state index in [1.165, 1.54) is 17.0 Å². The van der Waals surface area contributed by atoms with Crippen LogP contribution in [0.5, 0.6) is 0 Å². The number of aliphatic hydroxyl groups is 2. The number of carbonyl (C=O) groups is 1. The number of β-amino-alcohol motifs (C(OH)–C–C–N with tert-alkyl or cyclic N) is 2. The lowest BCUT2D eigenvalue weighted by molar-refractivity contribution is 0.0572. The molecule has 1 aliphatic heterocycles. The van der Waals surface area contributed by atoms with Gasteiger partial charge in [0, 0.05) is 13.1 Å². The van der Waals surface area contributed by atoms with E-state index >= 15 is 0 Å². The third-order valence-electron chi connectivity index (χ3n) is 2.90. The van der Waals surface area contributed by atoms with Crippen LogP contribution < -0.4 is 0 Å². The van der Waals surface area contributed by atoms with Crippen LogP contribution in [0.2, 0.25) is 0 Å². The zero-order valence-corrected chi connectivity index (χ0v) is 9.43. The van der Waals surface area contributed by atoms with E-state index in [0.717, 1.165) is 5.56 Å². The first-order chi connectivity index (χ1) is 7.99. The molecular formula is C12H14FNO3. The van der Waals surface area contributed by atoms with Gasteiger partial charge in [-0.25, -0.2) is 4.39 Å². The number of nitrogens with zero attached hydrogens (tertiary/aromatic N) is 1. The highest BCUT2D eigenvalue weighted by Crippen LogP contribution is 2.17. The number of aliphatic hydroxyl groups excluding tert-OH is 2. The van der Waals surface area contributed by atoms with E-state index in [-0.39, 0.29) is 18.7 Å². The molecule has 1 amide bonds.